The third kappa shape index (κ3) is 2.33. The number of aryl methyl sites for hydroxylation is 2. The van der Waals surface area contributed by atoms with E-state index in [0.29, 0.717) is 0 Å². The molecule has 0 aliphatic heterocycles. The van der Waals surface area contributed by atoms with E-state index < -0.39 is 0 Å². The van der Waals surface area contributed by atoms with E-state index in [2.05, 4.69) is 70.3 Å². The van der Waals surface area contributed by atoms with Gasteiger partial charge in [-0.3, -0.25) is 0 Å². The Morgan fingerprint density at radius 1 is 1.09 bits per heavy atom. The first kappa shape index (κ1) is 14.7. The quantitative estimate of drug-likeness (QED) is 0.446. The van der Waals surface area contributed by atoms with Crippen LogP contribution in [0.25, 0.3) is 33.1 Å². The Morgan fingerprint density at radius 2 is 1.96 bits per heavy atom. The summed E-state index contributed by atoms with van der Waals surface area (Å²) in [6, 6.07) is 15.6. The fraction of sp³-hybridized carbons (Fsp3) is 0.150. The molecule has 2 nitrogen and oxygen atoms in total. The van der Waals surface area contributed by atoms with E-state index >= 15 is 0 Å². The second-order valence-electron chi connectivity index (χ2n) is 6.05. The number of benzene rings is 2. The Bertz CT molecular complexity index is 1040. The van der Waals surface area contributed by atoms with E-state index in [9.17, 15) is 0 Å². The summed E-state index contributed by atoms with van der Waals surface area (Å²) >= 11 is 1.51. The molecule has 2 aromatic carbocycles. The first-order valence-corrected chi connectivity index (χ1v) is 9.49. The van der Waals surface area contributed by atoms with Gasteiger partial charge in [0.2, 0.25) is 0 Å². The topological polar surface area (TPSA) is 20.7 Å². The molecule has 23 heavy (non-hydrogen) atoms. The first-order valence-electron chi connectivity index (χ1n) is 7.79. The van der Waals surface area contributed by atoms with Crippen LogP contribution in [0.2, 0.25) is 0 Å². The summed E-state index contributed by atoms with van der Waals surface area (Å²) in [5, 5.41) is 2.62. The van der Waals surface area contributed by atoms with Gasteiger partial charge in [-0.15, -0.1) is 0 Å². The van der Waals surface area contributed by atoms with E-state index in [0.717, 1.165) is 6.54 Å². The fourth-order valence-electron chi connectivity index (χ4n) is 3.47. The van der Waals surface area contributed by atoms with Crippen molar-refractivity contribution in [3.05, 3.63) is 59.8 Å². The maximum atomic E-state index is 3.28. The van der Waals surface area contributed by atoms with Gasteiger partial charge in [0.1, 0.15) is 0 Å². The van der Waals surface area contributed by atoms with Gasteiger partial charge in [0, 0.05) is 0 Å². The minimum atomic E-state index is 0.962. The summed E-state index contributed by atoms with van der Waals surface area (Å²) in [5.41, 5.74) is 7.84. The molecule has 3 heteroatoms. The zero-order chi connectivity index (χ0) is 16.0. The predicted octanol–water partition coefficient (Wildman–Crippen LogP) is 4.76. The van der Waals surface area contributed by atoms with Crippen molar-refractivity contribution < 1.29 is 19.4 Å². The van der Waals surface area contributed by atoms with E-state index in [4.69, 9.17) is 0 Å². The fourth-order valence-corrected chi connectivity index (χ4v) is 4.01. The summed E-state index contributed by atoms with van der Waals surface area (Å²) < 4.78 is 4.76. The van der Waals surface area contributed by atoms with Gasteiger partial charge in [-0.05, 0) is 0 Å². The Morgan fingerprint density at radius 3 is 2.78 bits per heavy atom. The van der Waals surface area contributed by atoms with Crippen LogP contribution >= 0.6 is 0 Å². The average molecular weight is 470 g/mol. The van der Waals surface area contributed by atoms with Crippen molar-refractivity contribution >= 4 is 26.2 Å². The molecular weight excluding hydrogens is 452 g/mol. The van der Waals surface area contributed by atoms with Gasteiger partial charge in [0.15, 0.2) is 0 Å². The summed E-state index contributed by atoms with van der Waals surface area (Å²) in [6.07, 6.45) is 2.00. The van der Waals surface area contributed by atoms with Gasteiger partial charge in [-0.2, -0.15) is 0 Å². The van der Waals surface area contributed by atoms with Crippen molar-refractivity contribution in [1.29, 1.82) is 0 Å². The molecule has 1 N–H and O–H groups in total. The van der Waals surface area contributed by atoms with Crippen LogP contribution in [0, 0.1) is 13.8 Å². The molecule has 0 atom stereocenters. The molecule has 2 heterocycles. The van der Waals surface area contributed by atoms with E-state index in [-0.39, 0.29) is 0 Å². The molecule has 0 saturated carbocycles. The Kier molecular flexibility index (Phi) is 3.58. The molecule has 114 valence electrons. The van der Waals surface area contributed by atoms with Crippen LogP contribution in [-0.4, -0.2) is 14.0 Å². The zero-order valence-corrected chi connectivity index (χ0v) is 16.2. The zero-order valence-electron chi connectivity index (χ0n) is 13.3. The van der Waals surface area contributed by atoms with Crippen LogP contribution in [0.3, 0.4) is 0 Å². The molecule has 0 aliphatic carbocycles. The second-order valence-corrected chi connectivity index (χ2v) is 7.25. The molecule has 0 saturated heterocycles. The summed E-state index contributed by atoms with van der Waals surface area (Å²) in [5.74, 6) is 0. The molecule has 0 radical (unpaired) electrons. The van der Waals surface area contributed by atoms with Gasteiger partial charge in [-0.1, -0.05) is 0 Å². The van der Waals surface area contributed by atoms with Gasteiger partial charge in [0.05, 0.1) is 0 Å². The molecule has 0 aliphatic rings. The van der Waals surface area contributed by atoms with Gasteiger partial charge in [0.25, 0.3) is 0 Å². The average Bonchev–Trinajstić information content (AvgIpc) is 3.11. The van der Waals surface area contributed by atoms with Gasteiger partial charge < -0.3 is 0 Å². The predicted molar refractivity (Wildman–Crippen MR) is 94.8 cm³/mol. The van der Waals surface area contributed by atoms with Crippen molar-refractivity contribution in [2.24, 2.45) is 0 Å². The minimum absolute atomic E-state index is 0.962. The molecule has 2 aromatic heterocycles. The SMILES string of the molecule is Cc1ccc2c(C)c(-c3ccc4[nH]ccc4c3)n(C[CH]=[W])c2c1. The molecule has 0 bridgehead atoms. The van der Waals surface area contributed by atoms with Gasteiger partial charge >= 0.3 is 147 Å². The van der Waals surface area contributed by atoms with Crippen LogP contribution in [-0.2, 0) is 25.9 Å². The number of nitrogens with zero attached hydrogens (tertiary/aromatic N) is 1. The van der Waals surface area contributed by atoms with Crippen molar-refractivity contribution in [3.8, 4) is 11.3 Å². The number of nitrogens with one attached hydrogen (secondary N) is 1. The van der Waals surface area contributed by atoms with Crippen molar-refractivity contribution in [3.63, 3.8) is 0 Å². The number of fused-ring (bicyclic) bond motifs is 2. The van der Waals surface area contributed by atoms with Crippen LogP contribution in [0.15, 0.2) is 48.7 Å². The van der Waals surface area contributed by atoms with Crippen molar-refractivity contribution in [2.45, 2.75) is 20.4 Å². The Balaban J connectivity index is 2.06. The molecular formula is C20H18N2W. The van der Waals surface area contributed by atoms with E-state index in [1.54, 1.807) is 0 Å². The second kappa shape index (κ2) is 5.61. The Labute approximate surface area is 146 Å². The summed E-state index contributed by atoms with van der Waals surface area (Å²) in [6.45, 7) is 5.37. The maximum absolute atomic E-state index is 3.28. The number of aromatic nitrogens is 2. The number of aromatic amines is 1. The number of H-pyrrole nitrogens is 1. The molecule has 0 unspecified atom stereocenters. The standard InChI is InChI=1S/C20H18N2.W/c1-4-22-19-11-13(2)5-7-17(19)14(3)20(22)16-6-8-18-15(12-16)9-10-21-18;/h1,5-12,21H,4H2,2-3H3;. The monoisotopic (exact) mass is 470 g/mol. The molecule has 0 amide bonds. The van der Waals surface area contributed by atoms with Crippen LogP contribution in [0.4, 0.5) is 0 Å². The van der Waals surface area contributed by atoms with Crippen LogP contribution < -0.4 is 0 Å². The molecule has 4 rings (SSSR count). The van der Waals surface area contributed by atoms with Crippen LogP contribution in [0.5, 0.6) is 0 Å². The van der Waals surface area contributed by atoms with E-state index in [1.807, 2.05) is 6.20 Å². The normalized spacial score (nSPS) is 11.4. The first-order chi connectivity index (χ1) is 11.2. The number of hydrogen-bond donors (Lipinski definition) is 1. The Hall–Kier alpha value is -1.92. The third-order valence-electron chi connectivity index (χ3n) is 4.56. The van der Waals surface area contributed by atoms with E-state index in [1.165, 1.54) is 63.5 Å². The van der Waals surface area contributed by atoms with Crippen molar-refractivity contribution in [2.75, 3.05) is 0 Å². The van der Waals surface area contributed by atoms with Gasteiger partial charge in [-0.25, -0.2) is 0 Å². The third-order valence-corrected chi connectivity index (χ3v) is 5.09. The summed E-state index contributed by atoms with van der Waals surface area (Å²) in [7, 11) is 0. The number of rotatable bonds is 3. The van der Waals surface area contributed by atoms with Crippen molar-refractivity contribution in [1.82, 2.24) is 9.55 Å². The number of hydrogen-bond acceptors (Lipinski definition) is 0. The molecule has 4 aromatic rings. The molecule has 0 fully saturated rings. The van der Waals surface area contributed by atoms with Crippen LogP contribution in [0.1, 0.15) is 11.1 Å². The molecule has 0 spiro atoms. The summed E-state index contributed by atoms with van der Waals surface area (Å²) in [4.78, 5) is 3.28.